The van der Waals surface area contributed by atoms with Crippen molar-refractivity contribution >= 4 is 5.91 Å². The minimum Gasteiger partial charge on any atom is -0.352 e. The molecule has 0 radical (unpaired) electrons. The van der Waals surface area contributed by atoms with Gasteiger partial charge in [0.2, 0.25) is 0 Å². The molecule has 0 aliphatic rings. The molecule has 2 N–H and O–H groups in total. The number of pyridine rings is 1. The molecule has 2 aromatic rings. The standard InChI is InChI=1S/C16H15F3N2O2/c1-10-4-2-3-5-11(10)8-9-20-14(22)12-6-7-13(16(17,18)19)21-15(12)23/h2-7H,8-9H2,1H3,(H,20,22)(H,21,23). The lowest BCUT2D eigenvalue weighted by Crippen LogP contribution is -2.32. The molecule has 0 unspecified atom stereocenters. The molecule has 122 valence electrons. The maximum atomic E-state index is 12.5. The van der Waals surface area contributed by atoms with Crippen molar-refractivity contribution < 1.29 is 18.0 Å². The number of H-pyrrole nitrogens is 1. The molecular formula is C16H15F3N2O2. The first-order valence-electron chi connectivity index (χ1n) is 6.92. The SMILES string of the molecule is Cc1ccccc1CCNC(=O)c1ccc(C(F)(F)F)[nH]c1=O. The Labute approximate surface area is 130 Å². The van der Waals surface area contributed by atoms with Crippen LogP contribution in [0.4, 0.5) is 13.2 Å². The molecule has 0 aliphatic carbocycles. The summed E-state index contributed by atoms with van der Waals surface area (Å²) in [5, 5.41) is 2.53. The number of halogens is 3. The molecule has 1 aromatic heterocycles. The maximum Gasteiger partial charge on any atom is 0.431 e. The van der Waals surface area contributed by atoms with Crippen molar-refractivity contribution in [1.29, 1.82) is 0 Å². The number of hydrogen-bond donors (Lipinski definition) is 2. The van der Waals surface area contributed by atoms with Gasteiger partial charge in [0, 0.05) is 6.54 Å². The summed E-state index contributed by atoms with van der Waals surface area (Å²) in [4.78, 5) is 25.2. The molecule has 0 saturated heterocycles. The van der Waals surface area contributed by atoms with Crippen LogP contribution in [0.2, 0.25) is 0 Å². The van der Waals surface area contributed by atoms with E-state index in [-0.39, 0.29) is 12.1 Å². The zero-order valence-electron chi connectivity index (χ0n) is 12.3. The average Bonchev–Trinajstić information content (AvgIpc) is 2.48. The predicted molar refractivity (Wildman–Crippen MR) is 79.3 cm³/mol. The summed E-state index contributed by atoms with van der Waals surface area (Å²) < 4.78 is 37.4. The molecule has 7 heteroatoms. The number of carbonyl (C=O) groups excluding carboxylic acids is 1. The van der Waals surface area contributed by atoms with Gasteiger partial charge < -0.3 is 10.3 Å². The van der Waals surface area contributed by atoms with Crippen molar-refractivity contribution in [2.24, 2.45) is 0 Å². The Hall–Kier alpha value is -2.57. The number of aromatic nitrogens is 1. The fourth-order valence-corrected chi connectivity index (χ4v) is 2.11. The van der Waals surface area contributed by atoms with Gasteiger partial charge in [0.25, 0.3) is 11.5 Å². The third-order valence-corrected chi connectivity index (χ3v) is 3.40. The Kier molecular flexibility index (Phi) is 4.88. The second-order valence-electron chi connectivity index (χ2n) is 5.04. The van der Waals surface area contributed by atoms with E-state index in [4.69, 9.17) is 0 Å². The van der Waals surface area contributed by atoms with E-state index >= 15 is 0 Å². The Morgan fingerprint density at radius 3 is 2.48 bits per heavy atom. The zero-order valence-corrected chi connectivity index (χ0v) is 12.3. The quantitative estimate of drug-likeness (QED) is 0.908. The van der Waals surface area contributed by atoms with Gasteiger partial charge in [0.15, 0.2) is 0 Å². The monoisotopic (exact) mass is 324 g/mol. The molecule has 0 fully saturated rings. The van der Waals surface area contributed by atoms with E-state index in [2.05, 4.69) is 5.32 Å². The summed E-state index contributed by atoms with van der Waals surface area (Å²) in [5.41, 5.74) is -0.460. The molecule has 4 nitrogen and oxygen atoms in total. The van der Waals surface area contributed by atoms with Crippen molar-refractivity contribution in [3.8, 4) is 0 Å². The minimum absolute atomic E-state index is 0.282. The van der Waals surface area contributed by atoms with Crippen molar-refractivity contribution in [2.75, 3.05) is 6.54 Å². The van der Waals surface area contributed by atoms with E-state index in [9.17, 15) is 22.8 Å². The van der Waals surface area contributed by atoms with Crippen LogP contribution in [0.25, 0.3) is 0 Å². The number of carbonyl (C=O) groups is 1. The Balaban J connectivity index is 2.01. The van der Waals surface area contributed by atoms with E-state index in [0.717, 1.165) is 17.2 Å². The normalized spacial score (nSPS) is 11.3. The largest absolute Gasteiger partial charge is 0.431 e. The van der Waals surface area contributed by atoms with Crippen LogP contribution in [0.5, 0.6) is 0 Å². The van der Waals surface area contributed by atoms with Gasteiger partial charge in [-0.05, 0) is 36.6 Å². The molecule has 0 spiro atoms. The molecule has 2 rings (SSSR count). The molecule has 0 bridgehead atoms. The fourth-order valence-electron chi connectivity index (χ4n) is 2.11. The number of hydrogen-bond acceptors (Lipinski definition) is 2. The van der Waals surface area contributed by atoms with E-state index in [1.54, 1.807) is 4.98 Å². The lowest BCUT2D eigenvalue weighted by Gasteiger charge is -2.09. The van der Waals surface area contributed by atoms with Crippen molar-refractivity contribution in [1.82, 2.24) is 10.3 Å². The Morgan fingerprint density at radius 2 is 1.87 bits per heavy atom. The molecule has 1 heterocycles. The summed E-state index contributed by atoms with van der Waals surface area (Å²) in [5.74, 6) is -0.700. The van der Waals surface area contributed by atoms with Crippen molar-refractivity contribution in [3.05, 3.63) is 69.1 Å². The summed E-state index contributed by atoms with van der Waals surface area (Å²) >= 11 is 0. The smallest absolute Gasteiger partial charge is 0.352 e. The second-order valence-corrected chi connectivity index (χ2v) is 5.04. The van der Waals surface area contributed by atoms with Crippen LogP contribution < -0.4 is 10.9 Å². The number of nitrogens with one attached hydrogen (secondary N) is 2. The first-order valence-corrected chi connectivity index (χ1v) is 6.92. The number of amides is 1. The molecule has 0 atom stereocenters. The van der Waals surface area contributed by atoms with Gasteiger partial charge in [-0.3, -0.25) is 9.59 Å². The second kappa shape index (κ2) is 6.68. The summed E-state index contributed by atoms with van der Waals surface area (Å²) in [7, 11) is 0. The molecule has 23 heavy (non-hydrogen) atoms. The van der Waals surface area contributed by atoms with Gasteiger partial charge in [-0.25, -0.2) is 0 Å². The lowest BCUT2D eigenvalue weighted by atomic mass is 10.1. The number of benzene rings is 1. The van der Waals surface area contributed by atoms with Crippen LogP contribution >= 0.6 is 0 Å². The molecule has 1 aromatic carbocycles. The molecular weight excluding hydrogens is 309 g/mol. The van der Waals surface area contributed by atoms with Crippen LogP contribution in [0.1, 0.15) is 27.2 Å². The minimum atomic E-state index is -4.65. The van der Waals surface area contributed by atoms with Crippen LogP contribution in [0.15, 0.2) is 41.2 Å². The highest BCUT2D eigenvalue weighted by Crippen LogP contribution is 2.26. The van der Waals surface area contributed by atoms with Crippen LogP contribution in [-0.4, -0.2) is 17.4 Å². The van der Waals surface area contributed by atoms with E-state index < -0.39 is 23.3 Å². The van der Waals surface area contributed by atoms with E-state index in [0.29, 0.717) is 12.5 Å². The van der Waals surface area contributed by atoms with Gasteiger partial charge in [0.1, 0.15) is 11.3 Å². The Morgan fingerprint density at radius 1 is 1.17 bits per heavy atom. The van der Waals surface area contributed by atoms with Crippen LogP contribution in [0.3, 0.4) is 0 Å². The van der Waals surface area contributed by atoms with Gasteiger partial charge in [-0.1, -0.05) is 24.3 Å². The average molecular weight is 324 g/mol. The number of aromatic amines is 1. The molecule has 0 aliphatic heterocycles. The van der Waals surface area contributed by atoms with Crippen LogP contribution in [-0.2, 0) is 12.6 Å². The topological polar surface area (TPSA) is 62.0 Å². The number of alkyl halides is 3. The summed E-state index contributed by atoms with van der Waals surface area (Å²) in [6, 6.07) is 9.20. The number of aryl methyl sites for hydroxylation is 1. The van der Waals surface area contributed by atoms with Crippen LogP contribution in [0, 0.1) is 6.92 Å². The van der Waals surface area contributed by atoms with E-state index in [1.165, 1.54) is 0 Å². The first kappa shape index (κ1) is 16.8. The third-order valence-electron chi connectivity index (χ3n) is 3.40. The van der Waals surface area contributed by atoms with Gasteiger partial charge in [-0.15, -0.1) is 0 Å². The lowest BCUT2D eigenvalue weighted by molar-refractivity contribution is -0.141. The zero-order chi connectivity index (χ0) is 17.0. The highest BCUT2D eigenvalue weighted by molar-refractivity contribution is 5.93. The summed E-state index contributed by atoms with van der Waals surface area (Å²) in [6.07, 6.45) is -4.09. The predicted octanol–water partition coefficient (Wildman–Crippen LogP) is 2.67. The number of rotatable bonds is 4. The third kappa shape index (κ3) is 4.21. The van der Waals surface area contributed by atoms with Crippen molar-refractivity contribution in [2.45, 2.75) is 19.5 Å². The molecule has 1 amide bonds. The molecule has 0 saturated carbocycles. The Bertz CT molecular complexity index is 766. The fraction of sp³-hybridized carbons (Fsp3) is 0.250. The maximum absolute atomic E-state index is 12.5. The van der Waals surface area contributed by atoms with E-state index in [1.807, 2.05) is 31.2 Å². The highest BCUT2D eigenvalue weighted by atomic mass is 19.4. The van der Waals surface area contributed by atoms with Crippen molar-refractivity contribution in [3.63, 3.8) is 0 Å². The van der Waals surface area contributed by atoms with Gasteiger partial charge >= 0.3 is 6.18 Å². The first-order chi connectivity index (χ1) is 10.8. The van der Waals surface area contributed by atoms with Gasteiger partial charge in [-0.2, -0.15) is 13.2 Å². The summed E-state index contributed by atoms with van der Waals surface area (Å²) in [6.45, 7) is 2.22. The van der Waals surface area contributed by atoms with Gasteiger partial charge in [0.05, 0.1) is 0 Å². The highest BCUT2D eigenvalue weighted by Gasteiger charge is 2.32.